The van der Waals surface area contributed by atoms with E-state index in [1.165, 1.54) is 0 Å². The number of nitrogens with zero attached hydrogens (tertiary/aromatic N) is 4. The number of fused-ring (bicyclic) bond motifs is 5. The van der Waals surface area contributed by atoms with Crippen molar-refractivity contribution in [2.24, 2.45) is 0 Å². The molecule has 6 nitrogen and oxygen atoms in total. The molecule has 142 valence electrons. The van der Waals surface area contributed by atoms with Gasteiger partial charge >= 0.3 is 0 Å². The van der Waals surface area contributed by atoms with Crippen LogP contribution in [0, 0.1) is 0 Å². The van der Waals surface area contributed by atoms with Crippen LogP contribution in [-0.2, 0) is 0 Å². The molecular weight excluding hydrogens is 352 g/mol. The first kappa shape index (κ1) is 17.1. The standard InChI is InChI=1S/C22H22N4O2/c1-3-26(25-10-4-5-11-25)22-20-19(17-13-23-9-8-15(17)21(20)27)16-7-6-14(28-2)12-18(16)24-22/h6-9,12-13H,3-5,10-11H2,1-2H3. The number of aromatic nitrogens is 2. The number of ketones is 1. The normalized spacial score (nSPS) is 15.7. The lowest BCUT2D eigenvalue weighted by molar-refractivity contribution is 0.104. The van der Waals surface area contributed by atoms with E-state index in [2.05, 4.69) is 21.9 Å². The van der Waals surface area contributed by atoms with Gasteiger partial charge in [0, 0.05) is 60.2 Å². The van der Waals surface area contributed by atoms with Gasteiger partial charge < -0.3 is 4.74 Å². The van der Waals surface area contributed by atoms with Crippen LogP contribution in [-0.4, -0.2) is 47.5 Å². The zero-order valence-electron chi connectivity index (χ0n) is 16.1. The predicted octanol–water partition coefficient (Wildman–Crippen LogP) is 3.69. The molecule has 2 aromatic heterocycles. The molecule has 28 heavy (non-hydrogen) atoms. The van der Waals surface area contributed by atoms with E-state index in [1.54, 1.807) is 19.5 Å². The number of carbonyl (C=O) groups excluding carboxylic acids is 1. The molecular formula is C22H22N4O2. The molecule has 0 N–H and O–H groups in total. The van der Waals surface area contributed by atoms with E-state index in [9.17, 15) is 4.79 Å². The number of pyridine rings is 2. The molecule has 0 atom stereocenters. The van der Waals surface area contributed by atoms with Gasteiger partial charge in [-0.3, -0.25) is 14.8 Å². The summed E-state index contributed by atoms with van der Waals surface area (Å²) in [5.74, 6) is 1.53. The summed E-state index contributed by atoms with van der Waals surface area (Å²) >= 11 is 0. The van der Waals surface area contributed by atoms with Gasteiger partial charge in [-0.2, -0.15) is 0 Å². The van der Waals surface area contributed by atoms with Crippen LogP contribution in [0.1, 0.15) is 35.7 Å². The summed E-state index contributed by atoms with van der Waals surface area (Å²) < 4.78 is 5.42. The Morgan fingerprint density at radius 3 is 2.71 bits per heavy atom. The van der Waals surface area contributed by atoms with Gasteiger partial charge in [-0.05, 0) is 38.0 Å². The second kappa shape index (κ2) is 6.56. The second-order valence-corrected chi connectivity index (χ2v) is 7.20. The van der Waals surface area contributed by atoms with E-state index < -0.39 is 0 Å². The van der Waals surface area contributed by atoms with Gasteiger partial charge in [0.1, 0.15) is 5.75 Å². The molecule has 0 bridgehead atoms. The highest BCUT2D eigenvalue weighted by Gasteiger charge is 2.35. The monoisotopic (exact) mass is 374 g/mol. The van der Waals surface area contributed by atoms with Crippen LogP contribution in [0.25, 0.3) is 22.0 Å². The summed E-state index contributed by atoms with van der Waals surface area (Å²) in [5, 5.41) is 5.43. The fourth-order valence-electron chi connectivity index (χ4n) is 4.39. The summed E-state index contributed by atoms with van der Waals surface area (Å²) in [7, 11) is 1.65. The maximum Gasteiger partial charge on any atom is 0.198 e. The maximum absolute atomic E-state index is 13.4. The van der Waals surface area contributed by atoms with Crippen LogP contribution in [0.3, 0.4) is 0 Å². The van der Waals surface area contributed by atoms with Crippen LogP contribution in [0.4, 0.5) is 5.82 Å². The number of hydrogen-bond donors (Lipinski definition) is 0. The lowest BCUT2D eigenvalue weighted by atomic mass is 10.0. The minimum atomic E-state index is 0.0327. The van der Waals surface area contributed by atoms with Crippen molar-refractivity contribution in [3.63, 3.8) is 0 Å². The lowest BCUT2D eigenvalue weighted by Gasteiger charge is -2.33. The molecule has 0 saturated carbocycles. The van der Waals surface area contributed by atoms with Gasteiger partial charge in [-0.1, -0.05) is 0 Å². The molecule has 1 aromatic carbocycles. The smallest absolute Gasteiger partial charge is 0.198 e. The van der Waals surface area contributed by atoms with Gasteiger partial charge in [0.25, 0.3) is 0 Å². The molecule has 0 radical (unpaired) electrons. The van der Waals surface area contributed by atoms with Crippen LogP contribution >= 0.6 is 0 Å². The van der Waals surface area contributed by atoms with E-state index in [-0.39, 0.29) is 5.78 Å². The van der Waals surface area contributed by atoms with E-state index in [0.29, 0.717) is 11.1 Å². The van der Waals surface area contributed by atoms with Gasteiger partial charge in [0.15, 0.2) is 11.6 Å². The third kappa shape index (κ3) is 2.41. The number of methoxy groups -OCH3 is 1. The first-order valence-corrected chi connectivity index (χ1v) is 9.76. The Bertz CT molecular complexity index is 1090. The number of rotatable bonds is 4. The molecule has 0 spiro atoms. The summed E-state index contributed by atoms with van der Waals surface area (Å²) in [6.07, 6.45) is 5.80. The van der Waals surface area contributed by atoms with Gasteiger partial charge in [0.05, 0.1) is 18.2 Å². The number of hydrazine groups is 1. The van der Waals surface area contributed by atoms with Gasteiger partial charge in [0.2, 0.25) is 0 Å². The van der Waals surface area contributed by atoms with Crippen molar-refractivity contribution in [2.45, 2.75) is 19.8 Å². The van der Waals surface area contributed by atoms with Crippen LogP contribution in [0.15, 0.2) is 36.7 Å². The number of ether oxygens (including phenoxy) is 1. The Kier molecular flexibility index (Phi) is 4.02. The Labute approximate surface area is 163 Å². The number of hydrogen-bond acceptors (Lipinski definition) is 6. The lowest BCUT2D eigenvalue weighted by Crippen LogP contribution is -2.42. The van der Waals surface area contributed by atoms with Gasteiger partial charge in [-0.15, -0.1) is 0 Å². The molecule has 1 aliphatic carbocycles. The van der Waals surface area contributed by atoms with E-state index >= 15 is 0 Å². The first-order chi connectivity index (χ1) is 13.7. The first-order valence-electron chi connectivity index (χ1n) is 9.76. The van der Waals surface area contributed by atoms with Crippen molar-refractivity contribution in [2.75, 3.05) is 31.8 Å². The van der Waals surface area contributed by atoms with Crippen molar-refractivity contribution >= 4 is 22.5 Å². The SMILES string of the molecule is CCN(c1nc2cc(OC)ccc2c2c1C(=O)c1ccncc1-2)N1CCCC1. The molecule has 2 aliphatic rings. The number of anilines is 1. The highest BCUT2D eigenvalue weighted by Crippen LogP contribution is 2.45. The van der Waals surface area contributed by atoms with E-state index in [0.717, 1.165) is 66.1 Å². The third-order valence-electron chi connectivity index (χ3n) is 5.70. The third-order valence-corrected chi connectivity index (χ3v) is 5.70. The average molecular weight is 374 g/mol. The molecule has 5 rings (SSSR count). The predicted molar refractivity (Wildman–Crippen MR) is 109 cm³/mol. The van der Waals surface area contributed by atoms with Gasteiger partial charge in [-0.25, -0.2) is 9.99 Å². The minimum absolute atomic E-state index is 0.0327. The topological polar surface area (TPSA) is 58.6 Å². The molecule has 1 aliphatic heterocycles. The minimum Gasteiger partial charge on any atom is -0.497 e. The van der Waals surface area contributed by atoms with Crippen LogP contribution in [0.5, 0.6) is 5.75 Å². The average Bonchev–Trinajstić information content (AvgIpc) is 3.36. The van der Waals surface area contributed by atoms with Crippen molar-refractivity contribution < 1.29 is 9.53 Å². The molecule has 1 saturated heterocycles. The summed E-state index contributed by atoms with van der Waals surface area (Å²) in [5.41, 5.74) is 4.05. The zero-order valence-corrected chi connectivity index (χ0v) is 16.1. The van der Waals surface area contributed by atoms with Crippen molar-refractivity contribution in [3.05, 3.63) is 47.8 Å². The highest BCUT2D eigenvalue weighted by molar-refractivity contribution is 6.27. The number of benzene rings is 1. The molecule has 0 amide bonds. The Morgan fingerprint density at radius 1 is 1.14 bits per heavy atom. The molecule has 3 heterocycles. The molecule has 1 fully saturated rings. The summed E-state index contributed by atoms with van der Waals surface area (Å²) in [6.45, 7) is 4.85. The van der Waals surface area contributed by atoms with E-state index in [1.807, 2.05) is 24.3 Å². The van der Waals surface area contributed by atoms with Crippen LogP contribution < -0.4 is 9.75 Å². The van der Waals surface area contributed by atoms with Crippen molar-refractivity contribution in [3.8, 4) is 16.9 Å². The fourth-order valence-corrected chi connectivity index (χ4v) is 4.39. The van der Waals surface area contributed by atoms with Crippen LogP contribution in [0.2, 0.25) is 0 Å². The van der Waals surface area contributed by atoms with Crippen molar-refractivity contribution in [1.29, 1.82) is 0 Å². The Morgan fingerprint density at radius 2 is 1.96 bits per heavy atom. The molecule has 3 aromatic rings. The Balaban J connectivity index is 1.83. The van der Waals surface area contributed by atoms with Crippen molar-refractivity contribution in [1.82, 2.24) is 15.0 Å². The zero-order chi connectivity index (χ0) is 19.3. The second-order valence-electron chi connectivity index (χ2n) is 7.20. The van der Waals surface area contributed by atoms with E-state index in [4.69, 9.17) is 9.72 Å². The summed E-state index contributed by atoms with van der Waals surface area (Å²) in [6, 6.07) is 7.66. The number of carbonyl (C=O) groups is 1. The fraction of sp³-hybridized carbons (Fsp3) is 0.318. The molecule has 6 heteroatoms. The maximum atomic E-state index is 13.4. The molecule has 0 unspecified atom stereocenters. The summed E-state index contributed by atoms with van der Waals surface area (Å²) in [4.78, 5) is 22.6. The highest BCUT2D eigenvalue weighted by atomic mass is 16.5. The Hall–Kier alpha value is -2.99. The quantitative estimate of drug-likeness (QED) is 0.543. The largest absolute Gasteiger partial charge is 0.497 e.